The van der Waals surface area contributed by atoms with Gasteiger partial charge in [0.1, 0.15) is 5.56 Å². The lowest BCUT2D eigenvalue weighted by Crippen LogP contribution is -2.52. The Bertz CT molecular complexity index is 746. The molecule has 1 saturated heterocycles. The van der Waals surface area contributed by atoms with Crippen molar-refractivity contribution in [3.05, 3.63) is 21.7 Å². The summed E-state index contributed by atoms with van der Waals surface area (Å²) < 4.78 is 21.3. The highest BCUT2D eigenvalue weighted by molar-refractivity contribution is 6.00. The van der Waals surface area contributed by atoms with Gasteiger partial charge >= 0.3 is 5.69 Å². The topological polar surface area (TPSA) is 112 Å². The van der Waals surface area contributed by atoms with Gasteiger partial charge in [0.05, 0.1) is 38.5 Å². The minimum absolute atomic E-state index is 0.0360. The number of rotatable bonds is 8. The van der Waals surface area contributed by atoms with Gasteiger partial charge in [-0.3, -0.25) is 19.8 Å². The van der Waals surface area contributed by atoms with E-state index < -0.39 is 16.5 Å². The standard InChI is InChI=1S/C19H29N3O7/c1-11(21-9-12(2)29-13(3)10-21)8-20-19(23)14-7-15(26-4)17(27-5)18(28-6)16(14)22(24)25/h7,11-13H,8-10H2,1-6H3,(H,20,23)/t11-,12-,13+/m0/s1. The third-order valence-corrected chi connectivity index (χ3v) is 4.86. The molecule has 1 aromatic rings. The van der Waals surface area contributed by atoms with Crippen molar-refractivity contribution >= 4 is 11.6 Å². The minimum Gasteiger partial charge on any atom is -0.493 e. The molecule has 162 valence electrons. The minimum atomic E-state index is -0.662. The third-order valence-electron chi connectivity index (χ3n) is 4.86. The maximum absolute atomic E-state index is 12.8. The fourth-order valence-corrected chi connectivity index (χ4v) is 3.54. The van der Waals surface area contributed by atoms with Gasteiger partial charge in [-0.15, -0.1) is 0 Å². The number of ether oxygens (including phenoxy) is 4. The zero-order valence-electron chi connectivity index (χ0n) is 17.7. The molecule has 0 aromatic heterocycles. The highest BCUT2D eigenvalue weighted by Crippen LogP contribution is 2.46. The molecule has 2 rings (SSSR count). The van der Waals surface area contributed by atoms with E-state index in [9.17, 15) is 14.9 Å². The number of carbonyl (C=O) groups is 1. The summed E-state index contributed by atoms with van der Waals surface area (Å²) in [4.78, 5) is 26.0. The van der Waals surface area contributed by atoms with Crippen molar-refractivity contribution in [2.24, 2.45) is 0 Å². The van der Waals surface area contributed by atoms with E-state index in [4.69, 9.17) is 18.9 Å². The highest BCUT2D eigenvalue weighted by Gasteiger charge is 2.33. The summed E-state index contributed by atoms with van der Waals surface area (Å²) in [7, 11) is 4.00. The molecule has 1 heterocycles. The Morgan fingerprint density at radius 1 is 1.24 bits per heavy atom. The number of nitrogens with one attached hydrogen (secondary N) is 1. The summed E-state index contributed by atoms with van der Waals surface area (Å²) in [6.07, 6.45) is 0.209. The predicted molar refractivity (Wildman–Crippen MR) is 106 cm³/mol. The zero-order chi connectivity index (χ0) is 21.7. The number of amides is 1. The molecule has 1 aliphatic rings. The summed E-state index contributed by atoms with van der Waals surface area (Å²) in [5, 5.41) is 14.4. The molecule has 1 fully saturated rings. The fraction of sp³-hybridized carbons (Fsp3) is 0.632. The molecule has 0 saturated carbocycles. The molecule has 1 aromatic carbocycles. The molecule has 10 nitrogen and oxygen atoms in total. The van der Waals surface area contributed by atoms with Crippen LogP contribution in [0.25, 0.3) is 0 Å². The van der Waals surface area contributed by atoms with Crippen LogP contribution in [-0.4, -0.2) is 74.9 Å². The summed E-state index contributed by atoms with van der Waals surface area (Å²) in [6.45, 7) is 7.85. The zero-order valence-corrected chi connectivity index (χ0v) is 17.7. The molecular formula is C19H29N3O7. The molecule has 10 heteroatoms. The van der Waals surface area contributed by atoms with E-state index in [2.05, 4.69) is 10.2 Å². The van der Waals surface area contributed by atoms with Gasteiger partial charge in [0.2, 0.25) is 11.5 Å². The average molecular weight is 411 g/mol. The summed E-state index contributed by atoms with van der Waals surface area (Å²) in [6, 6.07) is 1.33. The van der Waals surface area contributed by atoms with Crippen LogP contribution < -0.4 is 19.5 Å². The van der Waals surface area contributed by atoms with Crippen molar-refractivity contribution in [1.29, 1.82) is 0 Å². The second-order valence-electron chi connectivity index (χ2n) is 7.07. The van der Waals surface area contributed by atoms with Crippen LogP contribution in [0.4, 0.5) is 5.69 Å². The summed E-state index contributed by atoms with van der Waals surface area (Å²) in [5.74, 6) is -0.519. The Morgan fingerprint density at radius 3 is 2.31 bits per heavy atom. The average Bonchev–Trinajstić information content (AvgIpc) is 2.68. The smallest absolute Gasteiger partial charge is 0.327 e. The Morgan fingerprint density at radius 2 is 1.83 bits per heavy atom. The largest absolute Gasteiger partial charge is 0.493 e. The summed E-state index contributed by atoms with van der Waals surface area (Å²) in [5.41, 5.74) is -0.621. The molecule has 0 aliphatic carbocycles. The number of nitrogens with zero attached hydrogens (tertiary/aromatic N) is 2. The van der Waals surface area contributed by atoms with Crippen LogP contribution in [0.3, 0.4) is 0 Å². The van der Waals surface area contributed by atoms with Crippen molar-refractivity contribution in [3.63, 3.8) is 0 Å². The van der Waals surface area contributed by atoms with Crippen LogP contribution in [0, 0.1) is 10.1 Å². The van der Waals surface area contributed by atoms with Gasteiger partial charge in [0.15, 0.2) is 5.75 Å². The Hall–Kier alpha value is -2.59. The second kappa shape index (κ2) is 9.75. The van der Waals surface area contributed by atoms with Crippen LogP contribution >= 0.6 is 0 Å². The lowest BCUT2D eigenvalue weighted by atomic mass is 10.1. The van der Waals surface area contributed by atoms with E-state index in [0.29, 0.717) is 6.54 Å². The number of nitro benzene ring substituents is 1. The predicted octanol–water partition coefficient (Wildman–Crippen LogP) is 1.85. The van der Waals surface area contributed by atoms with Crippen molar-refractivity contribution in [2.75, 3.05) is 41.0 Å². The molecule has 1 amide bonds. The summed E-state index contributed by atoms with van der Waals surface area (Å²) >= 11 is 0. The number of morpholine rings is 1. The van der Waals surface area contributed by atoms with Gasteiger partial charge in [-0.2, -0.15) is 0 Å². The van der Waals surface area contributed by atoms with Gasteiger partial charge < -0.3 is 24.3 Å². The number of hydrogen-bond acceptors (Lipinski definition) is 8. The maximum atomic E-state index is 12.8. The van der Waals surface area contributed by atoms with Crippen LogP contribution in [0.5, 0.6) is 17.2 Å². The molecule has 0 unspecified atom stereocenters. The van der Waals surface area contributed by atoms with Gasteiger partial charge in [0.25, 0.3) is 5.91 Å². The van der Waals surface area contributed by atoms with E-state index in [-0.39, 0.29) is 41.1 Å². The van der Waals surface area contributed by atoms with Crippen LogP contribution in [0.1, 0.15) is 31.1 Å². The molecule has 0 bridgehead atoms. The van der Waals surface area contributed by atoms with E-state index in [1.165, 1.54) is 27.4 Å². The van der Waals surface area contributed by atoms with Crippen LogP contribution in [-0.2, 0) is 4.74 Å². The van der Waals surface area contributed by atoms with Crippen LogP contribution in [0.2, 0.25) is 0 Å². The van der Waals surface area contributed by atoms with Gasteiger partial charge in [0, 0.05) is 31.7 Å². The SMILES string of the molecule is COc1cc(C(=O)NC[C@H](C)N2C[C@@H](C)O[C@@H](C)C2)c([N+](=O)[O-])c(OC)c1OC. The molecule has 0 radical (unpaired) electrons. The number of methoxy groups -OCH3 is 3. The lowest BCUT2D eigenvalue weighted by Gasteiger charge is -2.39. The van der Waals surface area contributed by atoms with Crippen molar-refractivity contribution in [3.8, 4) is 17.2 Å². The van der Waals surface area contributed by atoms with Crippen molar-refractivity contribution in [2.45, 2.75) is 39.0 Å². The maximum Gasteiger partial charge on any atom is 0.327 e. The number of nitro groups is 1. The van der Waals surface area contributed by atoms with E-state index in [1.54, 1.807) is 0 Å². The highest BCUT2D eigenvalue weighted by atomic mass is 16.6. The van der Waals surface area contributed by atoms with Gasteiger partial charge in [-0.1, -0.05) is 0 Å². The van der Waals surface area contributed by atoms with Gasteiger partial charge in [-0.05, 0) is 20.8 Å². The third kappa shape index (κ3) is 5.07. The first-order chi connectivity index (χ1) is 13.7. The van der Waals surface area contributed by atoms with Crippen molar-refractivity contribution < 1.29 is 28.7 Å². The molecule has 1 N–H and O–H groups in total. The quantitative estimate of drug-likeness (QED) is 0.509. The Balaban J connectivity index is 2.24. The monoisotopic (exact) mass is 411 g/mol. The molecular weight excluding hydrogens is 382 g/mol. The molecule has 0 spiro atoms. The lowest BCUT2D eigenvalue weighted by molar-refractivity contribution is -0.386. The van der Waals surface area contributed by atoms with Crippen molar-refractivity contribution in [1.82, 2.24) is 10.2 Å². The first kappa shape index (κ1) is 22.7. The first-order valence-corrected chi connectivity index (χ1v) is 9.38. The molecule has 29 heavy (non-hydrogen) atoms. The number of carbonyl (C=O) groups excluding carboxylic acids is 1. The Labute approximate surface area is 170 Å². The number of hydrogen-bond donors (Lipinski definition) is 1. The molecule has 1 aliphatic heterocycles. The second-order valence-corrected chi connectivity index (χ2v) is 7.07. The van der Waals surface area contributed by atoms with Crippen LogP contribution in [0.15, 0.2) is 6.07 Å². The fourth-order valence-electron chi connectivity index (χ4n) is 3.54. The van der Waals surface area contributed by atoms with Gasteiger partial charge in [-0.25, -0.2) is 0 Å². The van der Waals surface area contributed by atoms with E-state index >= 15 is 0 Å². The molecule has 3 atom stereocenters. The van der Waals surface area contributed by atoms with E-state index in [0.717, 1.165) is 13.1 Å². The first-order valence-electron chi connectivity index (χ1n) is 9.38. The Kier molecular flexibility index (Phi) is 7.63. The number of benzene rings is 1. The van der Waals surface area contributed by atoms with E-state index in [1.807, 2.05) is 20.8 Å². The normalized spacial score (nSPS) is 20.6.